The van der Waals surface area contributed by atoms with Gasteiger partial charge in [0.1, 0.15) is 12.1 Å². The summed E-state index contributed by atoms with van der Waals surface area (Å²) in [5.41, 5.74) is 3.12. The topological polar surface area (TPSA) is 47.6 Å². The van der Waals surface area contributed by atoms with E-state index in [2.05, 4.69) is 13.2 Å². The summed E-state index contributed by atoms with van der Waals surface area (Å²) in [6.07, 6.45) is 4.80. The third kappa shape index (κ3) is 3.50. The zero-order chi connectivity index (χ0) is 20.8. The largest absolute Gasteiger partial charge is 0.204 e. The molecule has 29 heavy (non-hydrogen) atoms. The van der Waals surface area contributed by atoms with E-state index in [4.69, 9.17) is 0 Å². The van der Waals surface area contributed by atoms with Gasteiger partial charge in [0.15, 0.2) is 5.82 Å². The highest BCUT2D eigenvalue weighted by molar-refractivity contribution is 5.99. The van der Waals surface area contributed by atoms with Crippen LogP contribution in [-0.4, -0.2) is 0 Å². The first kappa shape index (κ1) is 19.5. The second kappa shape index (κ2) is 8.65. The van der Waals surface area contributed by atoms with E-state index in [1.54, 1.807) is 18.2 Å². The van der Waals surface area contributed by atoms with Crippen molar-refractivity contribution in [1.29, 1.82) is 10.5 Å². The van der Waals surface area contributed by atoms with Crippen LogP contribution in [0.5, 0.6) is 0 Å². The molecule has 0 N–H and O–H groups in total. The molecule has 138 valence electrons. The molecule has 0 heterocycles. The van der Waals surface area contributed by atoms with Crippen molar-refractivity contribution in [3.8, 4) is 34.4 Å². The molecule has 0 unspecified atom stereocenters. The molecule has 3 heteroatoms. The van der Waals surface area contributed by atoms with Crippen LogP contribution in [0.15, 0.2) is 92.0 Å². The summed E-state index contributed by atoms with van der Waals surface area (Å²) in [5.74, 6) is -0.833. The summed E-state index contributed by atoms with van der Waals surface area (Å²) < 4.78 is 15.4. The second-order valence-corrected chi connectivity index (χ2v) is 6.21. The minimum atomic E-state index is -0.833. The lowest BCUT2D eigenvalue weighted by atomic mass is 9.81. The third-order valence-electron chi connectivity index (χ3n) is 4.59. The summed E-state index contributed by atoms with van der Waals surface area (Å²) in [4.78, 5) is 0. The van der Waals surface area contributed by atoms with Gasteiger partial charge in [0, 0.05) is 16.7 Å². The molecule has 0 atom stereocenters. The number of hydrogen-bond acceptors (Lipinski definition) is 2. The Morgan fingerprint density at radius 2 is 1.31 bits per heavy atom. The lowest BCUT2D eigenvalue weighted by Gasteiger charge is -2.20. The van der Waals surface area contributed by atoms with Crippen LogP contribution >= 0.6 is 0 Å². The fourth-order valence-electron chi connectivity index (χ4n) is 3.39. The molecular weight excluding hydrogens is 359 g/mol. The number of allylic oxidation sites excluding steroid dienone is 4. The van der Waals surface area contributed by atoms with Crippen molar-refractivity contribution < 1.29 is 4.39 Å². The van der Waals surface area contributed by atoms with E-state index in [1.807, 2.05) is 72.8 Å². The summed E-state index contributed by atoms with van der Waals surface area (Å²) in [6, 6.07) is 22.4. The molecule has 2 nitrogen and oxygen atoms in total. The number of hydrogen-bond donors (Lipinski definition) is 0. The number of halogens is 1. The number of rotatable bonds is 5. The van der Waals surface area contributed by atoms with Gasteiger partial charge in [0.2, 0.25) is 0 Å². The number of nitriles is 2. The Kier molecular flexibility index (Phi) is 5.83. The van der Waals surface area contributed by atoms with Gasteiger partial charge in [-0.1, -0.05) is 92.0 Å². The van der Waals surface area contributed by atoms with Gasteiger partial charge in [-0.05, 0) is 16.7 Å². The molecule has 0 saturated heterocycles. The number of nitrogens with zero attached hydrogens (tertiary/aromatic N) is 2. The minimum absolute atomic E-state index is 0.155. The molecule has 3 rings (SSSR count). The van der Waals surface area contributed by atoms with Crippen molar-refractivity contribution in [2.75, 3.05) is 0 Å². The predicted octanol–water partition coefficient (Wildman–Crippen LogP) is 6.66. The molecule has 0 aliphatic heterocycles. The zero-order valence-corrected chi connectivity index (χ0v) is 15.7. The molecular formula is C26H17FN2. The van der Waals surface area contributed by atoms with Crippen LogP contribution in [0.2, 0.25) is 0 Å². The first-order chi connectivity index (χ1) is 14.2. The molecule has 0 saturated carbocycles. The zero-order valence-electron chi connectivity index (χ0n) is 15.7. The van der Waals surface area contributed by atoms with Gasteiger partial charge in [-0.2, -0.15) is 10.5 Å². The van der Waals surface area contributed by atoms with Gasteiger partial charge in [-0.25, -0.2) is 4.39 Å². The molecule has 0 aliphatic rings. The molecule has 0 bridgehead atoms. The molecule has 0 spiro atoms. The van der Waals surface area contributed by atoms with Crippen LogP contribution in [0.4, 0.5) is 4.39 Å². The van der Waals surface area contributed by atoms with Crippen molar-refractivity contribution in [2.45, 2.75) is 0 Å². The molecule has 0 amide bonds. The maximum Gasteiger partial charge on any atom is 0.160 e. The summed E-state index contributed by atoms with van der Waals surface area (Å²) in [6.45, 7) is 7.54. The Labute approximate surface area is 169 Å². The van der Waals surface area contributed by atoms with Crippen molar-refractivity contribution >= 4 is 5.57 Å². The van der Waals surface area contributed by atoms with Gasteiger partial charge in [-0.15, -0.1) is 0 Å². The van der Waals surface area contributed by atoms with Crippen molar-refractivity contribution in [3.05, 3.63) is 115 Å². The van der Waals surface area contributed by atoms with Crippen LogP contribution in [0.3, 0.4) is 0 Å². The van der Waals surface area contributed by atoms with E-state index in [0.717, 1.165) is 5.56 Å². The average Bonchev–Trinajstić information content (AvgIpc) is 2.77. The van der Waals surface area contributed by atoms with Gasteiger partial charge < -0.3 is 0 Å². The average molecular weight is 376 g/mol. The van der Waals surface area contributed by atoms with Crippen LogP contribution in [0.1, 0.15) is 16.7 Å². The van der Waals surface area contributed by atoms with E-state index >= 15 is 4.39 Å². The predicted molar refractivity (Wildman–Crippen MR) is 115 cm³/mol. The van der Waals surface area contributed by atoms with Crippen LogP contribution in [0.25, 0.3) is 27.8 Å². The third-order valence-corrected chi connectivity index (χ3v) is 4.59. The van der Waals surface area contributed by atoms with E-state index in [9.17, 15) is 10.5 Å². The van der Waals surface area contributed by atoms with E-state index in [0.29, 0.717) is 27.8 Å². The highest BCUT2D eigenvalue weighted by Gasteiger charge is 2.27. The smallest absolute Gasteiger partial charge is 0.160 e. The van der Waals surface area contributed by atoms with Gasteiger partial charge >= 0.3 is 0 Å². The van der Waals surface area contributed by atoms with Crippen molar-refractivity contribution in [1.82, 2.24) is 0 Å². The molecule has 0 fully saturated rings. The highest BCUT2D eigenvalue weighted by atomic mass is 19.1. The fourth-order valence-corrected chi connectivity index (χ4v) is 3.39. The number of benzene rings is 3. The maximum atomic E-state index is 15.4. The summed E-state index contributed by atoms with van der Waals surface area (Å²) in [5, 5.41) is 19.6. The van der Waals surface area contributed by atoms with Gasteiger partial charge in [-0.3, -0.25) is 0 Å². The van der Waals surface area contributed by atoms with E-state index in [1.165, 1.54) is 0 Å². The Hall–Kier alpha value is -4.21. The lowest BCUT2D eigenvalue weighted by molar-refractivity contribution is 0.620. The quantitative estimate of drug-likeness (QED) is 0.468. The summed E-state index contributed by atoms with van der Waals surface area (Å²) in [7, 11) is 0. The lowest BCUT2D eigenvalue weighted by Crippen LogP contribution is -2.04. The van der Waals surface area contributed by atoms with Crippen LogP contribution in [-0.2, 0) is 0 Å². The van der Waals surface area contributed by atoms with Gasteiger partial charge in [0.25, 0.3) is 0 Å². The Balaban J connectivity index is 2.65. The fraction of sp³-hybridized carbons (Fsp3) is 0. The Morgan fingerprint density at radius 3 is 1.76 bits per heavy atom. The normalized spacial score (nSPS) is 10.7. The van der Waals surface area contributed by atoms with Crippen molar-refractivity contribution in [2.24, 2.45) is 0 Å². The highest BCUT2D eigenvalue weighted by Crippen LogP contribution is 2.43. The van der Waals surface area contributed by atoms with E-state index < -0.39 is 5.82 Å². The molecule has 0 radical (unpaired) electrons. The SMILES string of the molecule is C=C/C=C(\C=C)c1c(C#N)c(F)c(C#N)c(-c2ccccc2)c1-c1ccccc1. The Bertz CT molecular complexity index is 1190. The first-order valence-corrected chi connectivity index (χ1v) is 8.93. The van der Waals surface area contributed by atoms with Crippen molar-refractivity contribution in [3.63, 3.8) is 0 Å². The maximum absolute atomic E-state index is 15.4. The molecule has 3 aromatic carbocycles. The Morgan fingerprint density at radius 1 is 0.793 bits per heavy atom. The molecule has 0 aromatic heterocycles. The summed E-state index contributed by atoms with van der Waals surface area (Å²) >= 11 is 0. The van der Waals surface area contributed by atoms with Crippen LogP contribution in [0, 0.1) is 28.5 Å². The van der Waals surface area contributed by atoms with E-state index in [-0.39, 0.29) is 11.1 Å². The monoisotopic (exact) mass is 376 g/mol. The van der Waals surface area contributed by atoms with Crippen LogP contribution < -0.4 is 0 Å². The molecule has 0 aliphatic carbocycles. The first-order valence-electron chi connectivity index (χ1n) is 8.93. The second-order valence-electron chi connectivity index (χ2n) is 6.21. The standard InChI is InChI=1S/C26H17FN2/c1-3-11-18(4-2)23-21(16-28)26(27)22(17-29)24(19-12-7-5-8-13-19)25(23)20-14-9-6-10-15-20/h3-15H,1-2H2/b18-11+. The minimum Gasteiger partial charge on any atom is -0.204 e. The molecule has 3 aromatic rings. The van der Waals surface area contributed by atoms with Gasteiger partial charge in [0.05, 0.1) is 11.1 Å².